The normalized spacial score (nSPS) is 16.9. The molecule has 8 heteroatoms. The molecular weight excluding hydrogens is 360 g/mol. The minimum absolute atomic E-state index is 0.0247. The van der Waals surface area contributed by atoms with Gasteiger partial charge in [-0.15, -0.1) is 0 Å². The average molecular weight is 385 g/mol. The number of aliphatic hydroxyl groups is 1. The molecule has 0 bridgehead atoms. The van der Waals surface area contributed by atoms with Crippen LogP contribution in [-0.4, -0.2) is 23.8 Å². The highest BCUT2D eigenvalue weighted by Crippen LogP contribution is 2.34. The Bertz CT molecular complexity index is 804. The first-order valence-electron chi connectivity index (χ1n) is 8.25. The van der Waals surface area contributed by atoms with E-state index in [9.17, 15) is 18.1 Å². The van der Waals surface area contributed by atoms with Gasteiger partial charge in [0.05, 0.1) is 33.1 Å². The van der Waals surface area contributed by atoms with Gasteiger partial charge in [0.2, 0.25) is 0 Å². The van der Waals surface area contributed by atoms with Crippen LogP contribution < -0.4 is 4.72 Å². The van der Waals surface area contributed by atoms with Gasteiger partial charge in [-0.2, -0.15) is 5.10 Å². The Labute approximate surface area is 155 Å². The number of nitrogens with zero attached hydrogens (tertiary/aromatic N) is 2. The molecule has 0 spiro atoms. The summed E-state index contributed by atoms with van der Waals surface area (Å²) in [7, 11) is 0.156. The molecule has 144 valence electrons. The van der Waals surface area contributed by atoms with E-state index in [1.54, 1.807) is 47.0 Å². The van der Waals surface area contributed by atoms with Gasteiger partial charge in [-0.25, -0.2) is 17.7 Å². The second-order valence-electron chi connectivity index (χ2n) is 7.54. The van der Waals surface area contributed by atoms with Crippen molar-refractivity contribution in [3.8, 4) is 0 Å². The molecule has 2 rings (SSSR count). The number of aryl methyl sites for hydroxylation is 1. The van der Waals surface area contributed by atoms with Crippen LogP contribution in [0.4, 0.5) is 8.78 Å². The zero-order chi connectivity index (χ0) is 19.7. The summed E-state index contributed by atoms with van der Waals surface area (Å²) in [5.41, 5.74) is -0.514. The van der Waals surface area contributed by atoms with Crippen molar-refractivity contribution in [1.29, 1.82) is 0 Å². The van der Waals surface area contributed by atoms with E-state index in [0.717, 1.165) is 12.1 Å². The molecule has 1 heterocycles. The third-order valence-electron chi connectivity index (χ3n) is 4.20. The van der Waals surface area contributed by atoms with Crippen molar-refractivity contribution in [2.24, 2.45) is 7.05 Å². The molecule has 0 aliphatic heterocycles. The van der Waals surface area contributed by atoms with Crippen LogP contribution in [-0.2, 0) is 23.6 Å². The minimum Gasteiger partial charge on any atom is -0.387 e. The van der Waals surface area contributed by atoms with E-state index >= 15 is 0 Å². The zero-order valence-corrected chi connectivity index (χ0v) is 16.4. The van der Waals surface area contributed by atoms with Crippen molar-refractivity contribution in [3.05, 3.63) is 53.4 Å². The quantitative estimate of drug-likeness (QED) is 0.803. The van der Waals surface area contributed by atoms with Gasteiger partial charge in [-0.1, -0.05) is 6.07 Å². The van der Waals surface area contributed by atoms with Crippen molar-refractivity contribution in [1.82, 2.24) is 14.5 Å². The van der Waals surface area contributed by atoms with Crippen molar-refractivity contribution < 1.29 is 18.1 Å². The van der Waals surface area contributed by atoms with Crippen LogP contribution in [0.25, 0.3) is 0 Å². The molecule has 2 N–H and O–H groups in total. The lowest BCUT2D eigenvalue weighted by Gasteiger charge is -2.35. The van der Waals surface area contributed by atoms with Crippen molar-refractivity contribution >= 4 is 11.0 Å². The number of rotatable bonds is 6. The summed E-state index contributed by atoms with van der Waals surface area (Å²) in [5, 5.41) is 14.7. The summed E-state index contributed by atoms with van der Waals surface area (Å²) in [6.45, 7) is 7.01. The highest BCUT2D eigenvalue weighted by Gasteiger charge is 2.37. The number of hydrogen-bond acceptors (Lipinski definition) is 3. The summed E-state index contributed by atoms with van der Waals surface area (Å²) in [5.74, 6) is -1.46. The summed E-state index contributed by atoms with van der Waals surface area (Å²) in [4.78, 5) is 0. The fourth-order valence-electron chi connectivity index (χ4n) is 2.70. The van der Waals surface area contributed by atoms with E-state index < -0.39 is 39.0 Å². The zero-order valence-electron chi connectivity index (χ0n) is 15.6. The molecule has 2 aromatic rings. The van der Waals surface area contributed by atoms with Crippen molar-refractivity contribution in [2.45, 2.75) is 50.5 Å². The lowest BCUT2D eigenvalue weighted by atomic mass is 9.86. The summed E-state index contributed by atoms with van der Waals surface area (Å²) in [6.07, 6.45) is 0.591. The Morgan fingerprint density at radius 3 is 2.42 bits per heavy atom. The predicted octanol–water partition coefficient (Wildman–Crippen LogP) is 3.09. The Balaban J connectivity index is 2.44. The first-order valence-corrected chi connectivity index (χ1v) is 9.40. The third-order valence-corrected chi connectivity index (χ3v) is 5.95. The fourth-order valence-corrected chi connectivity index (χ4v) is 3.61. The number of nitrogens with one attached hydrogen (secondary N) is 1. The second-order valence-corrected chi connectivity index (χ2v) is 9.51. The van der Waals surface area contributed by atoms with Gasteiger partial charge in [0.1, 0.15) is 11.6 Å². The first kappa shape index (κ1) is 20.7. The molecular formula is C18H25F2N3O2S. The third kappa shape index (κ3) is 4.55. The average Bonchev–Trinajstić information content (AvgIpc) is 2.92. The Morgan fingerprint density at radius 2 is 1.92 bits per heavy atom. The van der Waals surface area contributed by atoms with Crippen LogP contribution in [0.5, 0.6) is 0 Å². The molecule has 0 fully saturated rings. The van der Waals surface area contributed by atoms with E-state index in [2.05, 4.69) is 9.82 Å². The molecule has 3 unspecified atom stereocenters. The highest BCUT2D eigenvalue weighted by atomic mass is 32.2. The Morgan fingerprint density at radius 1 is 1.27 bits per heavy atom. The van der Waals surface area contributed by atoms with Gasteiger partial charge >= 0.3 is 0 Å². The maximum absolute atomic E-state index is 14.5. The molecule has 1 aromatic carbocycles. The number of halogens is 2. The van der Waals surface area contributed by atoms with Gasteiger partial charge in [0.25, 0.3) is 0 Å². The molecule has 0 radical (unpaired) electrons. The number of aromatic nitrogens is 2. The minimum atomic E-state index is -1.53. The van der Waals surface area contributed by atoms with Crippen molar-refractivity contribution in [3.63, 3.8) is 0 Å². The summed E-state index contributed by atoms with van der Waals surface area (Å²) in [6, 6.07) is 4.90. The molecule has 26 heavy (non-hydrogen) atoms. The number of hydrogen-bond donors (Lipinski definition) is 2. The number of aliphatic hydroxyl groups excluding tert-OH is 1. The van der Waals surface area contributed by atoms with E-state index in [-0.39, 0.29) is 12.0 Å². The van der Waals surface area contributed by atoms with Crippen LogP contribution in [0.3, 0.4) is 0 Å². The van der Waals surface area contributed by atoms with Gasteiger partial charge in [-0.3, -0.25) is 4.68 Å². The Kier molecular flexibility index (Phi) is 5.99. The SMILES string of the molecule is Cn1nccc1C(O)CC(C)(NS(=O)C(C)(C)C)c1ccc(F)cc1F. The molecule has 0 aliphatic rings. The highest BCUT2D eigenvalue weighted by molar-refractivity contribution is 7.84. The van der Waals surface area contributed by atoms with E-state index in [4.69, 9.17) is 0 Å². The molecule has 3 atom stereocenters. The molecule has 0 saturated carbocycles. The summed E-state index contributed by atoms with van der Waals surface area (Å²) >= 11 is 0. The molecule has 0 aliphatic carbocycles. The van der Waals surface area contributed by atoms with Crippen LogP contribution >= 0.6 is 0 Å². The summed E-state index contributed by atoms with van der Waals surface area (Å²) < 4.78 is 44.4. The molecule has 5 nitrogen and oxygen atoms in total. The van der Waals surface area contributed by atoms with Crippen LogP contribution in [0.15, 0.2) is 30.5 Å². The van der Waals surface area contributed by atoms with Crippen LogP contribution in [0, 0.1) is 11.6 Å². The standard InChI is InChI=1S/C18H25F2N3O2S/c1-17(2,3)26(25)22-18(4,13-7-6-12(19)10-14(13)20)11-16(24)15-8-9-21-23(15)5/h6-10,16,22,24H,11H2,1-5H3. The molecule has 0 saturated heterocycles. The van der Waals surface area contributed by atoms with Gasteiger partial charge in [0, 0.05) is 31.3 Å². The van der Waals surface area contributed by atoms with E-state index in [1.165, 1.54) is 10.7 Å². The maximum atomic E-state index is 14.5. The Hall–Kier alpha value is -1.64. The maximum Gasteiger partial charge on any atom is 0.131 e. The van der Waals surface area contributed by atoms with Gasteiger partial charge in [-0.05, 0) is 39.8 Å². The van der Waals surface area contributed by atoms with E-state index in [0.29, 0.717) is 5.69 Å². The first-order chi connectivity index (χ1) is 11.9. The lowest BCUT2D eigenvalue weighted by molar-refractivity contribution is 0.123. The number of benzene rings is 1. The van der Waals surface area contributed by atoms with Crippen LogP contribution in [0.2, 0.25) is 0 Å². The van der Waals surface area contributed by atoms with Gasteiger partial charge < -0.3 is 5.11 Å². The topological polar surface area (TPSA) is 67.2 Å². The predicted molar refractivity (Wildman–Crippen MR) is 97.5 cm³/mol. The molecule has 1 aromatic heterocycles. The molecule has 0 amide bonds. The monoisotopic (exact) mass is 385 g/mol. The second kappa shape index (κ2) is 7.54. The largest absolute Gasteiger partial charge is 0.387 e. The van der Waals surface area contributed by atoms with Gasteiger partial charge in [0.15, 0.2) is 0 Å². The lowest BCUT2D eigenvalue weighted by Crippen LogP contribution is -2.47. The smallest absolute Gasteiger partial charge is 0.131 e. The fraction of sp³-hybridized carbons (Fsp3) is 0.500. The van der Waals surface area contributed by atoms with Crippen molar-refractivity contribution in [2.75, 3.05) is 0 Å². The van der Waals surface area contributed by atoms with Crippen LogP contribution in [0.1, 0.15) is 51.5 Å². The van der Waals surface area contributed by atoms with E-state index in [1.807, 2.05) is 0 Å².